The summed E-state index contributed by atoms with van der Waals surface area (Å²) in [7, 11) is -2.42. The summed E-state index contributed by atoms with van der Waals surface area (Å²) >= 11 is 0. The van der Waals surface area contributed by atoms with E-state index in [-0.39, 0.29) is 42.9 Å². The molecule has 2 N–H and O–H groups in total. The largest absolute Gasteiger partial charge is 0.496 e. The van der Waals surface area contributed by atoms with Crippen LogP contribution in [0.25, 0.3) is 0 Å². The number of piperazine rings is 1. The zero-order valence-electron chi connectivity index (χ0n) is 15.5. The van der Waals surface area contributed by atoms with Gasteiger partial charge in [-0.3, -0.25) is 9.59 Å². The lowest BCUT2D eigenvalue weighted by Crippen LogP contribution is -2.50. The van der Waals surface area contributed by atoms with Gasteiger partial charge >= 0.3 is 0 Å². The van der Waals surface area contributed by atoms with Gasteiger partial charge < -0.3 is 19.8 Å². The van der Waals surface area contributed by atoms with E-state index >= 15 is 0 Å². The molecule has 1 aromatic carbocycles. The average molecular weight is 407 g/mol. The standard InChI is InChI=1S/C18H21N3O6S/c1-12-3-4-14(26-2)13(11-12)18(23)20-7-9-21(10-8-20)28(24,25)16-6-5-15(27-16)17(19)22/h3-6,11H,7-10H2,1-2H3,(H2,19,22). The number of carbonyl (C=O) groups excluding carboxylic acids is 2. The molecular formula is C18H21N3O6S. The van der Waals surface area contributed by atoms with Gasteiger partial charge in [-0.15, -0.1) is 0 Å². The molecule has 0 spiro atoms. The summed E-state index contributed by atoms with van der Waals surface area (Å²) in [6, 6.07) is 7.75. The van der Waals surface area contributed by atoms with Crippen LogP contribution in [0.2, 0.25) is 0 Å². The lowest BCUT2D eigenvalue weighted by molar-refractivity contribution is 0.0693. The molecule has 3 rings (SSSR count). The van der Waals surface area contributed by atoms with Crippen LogP contribution in [0.15, 0.2) is 39.8 Å². The van der Waals surface area contributed by atoms with Gasteiger partial charge in [0.15, 0.2) is 5.76 Å². The summed E-state index contributed by atoms with van der Waals surface area (Å²) in [5.74, 6) is -0.810. The van der Waals surface area contributed by atoms with Crippen LogP contribution in [0.3, 0.4) is 0 Å². The van der Waals surface area contributed by atoms with Gasteiger partial charge in [0.1, 0.15) is 5.75 Å². The first-order chi connectivity index (χ1) is 13.2. The summed E-state index contributed by atoms with van der Waals surface area (Å²) < 4.78 is 36.9. The van der Waals surface area contributed by atoms with Gasteiger partial charge in [-0.1, -0.05) is 11.6 Å². The summed E-state index contributed by atoms with van der Waals surface area (Å²) in [5.41, 5.74) is 6.46. The molecule has 0 bridgehead atoms. The number of furan rings is 1. The monoisotopic (exact) mass is 407 g/mol. The highest BCUT2D eigenvalue weighted by Gasteiger charge is 2.33. The number of aryl methyl sites for hydroxylation is 1. The first-order valence-corrected chi connectivity index (χ1v) is 10.0. The van der Waals surface area contributed by atoms with Crippen LogP contribution in [0.4, 0.5) is 0 Å². The van der Waals surface area contributed by atoms with Gasteiger partial charge in [-0.2, -0.15) is 4.31 Å². The summed E-state index contributed by atoms with van der Waals surface area (Å²) in [4.78, 5) is 25.5. The molecule has 2 aromatic rings. The number of nitrogens with zero attached hydrogens (tertiary/aromatic N) is 2. The maximum Gasteiger partial charge on any atom is 0.284 e. The predicted octanol–water partition coefficient (Wildman–Crippen LogP) is 0.842. The number of hydrogen-bond donors (Lipinski definition) is 1. The third kappa shape index (κ3) is 3.73. The van der Waals surface area contributed by atoms with Crippen molar-refractivity contribution >= 4 is 21.8 Å². The maximum atomic E-state index is 12.8. The molecule has 150 valence electrons. The molecule has 1 aliphatic rings. The third-order valence-electron chi connectivity index (χ3n) is 4.53. The fourth-order valence-corrected chi connectivity index (χ4v) is 4.34. The quantitative estimate of drug-likeness (QED) is 0.784. The first-order valence-electron chi connectivity index (χ1n) is 8.57. The van der Waals surface area contributed by atoms with Crippen LogP contribution in [-0.4, -0.2) is 62.7 Å². The Hall–Kier alpha value is -2.85. The van der Waals surface area contributed by atoms with Crippen molar-refractivity contribution in [3.63, 3.8) is 0 Å². The number of sulfonamides is 1. The molecule has 9 nitrogen and oxygen atoms in total. The average Bonchev–Trinajstić information content (AvgIpc) is 3.19. The van der Waals surface area contributed by atoms with Crippen molar-refractivity contribution in [1.82, 2.24) is 9.21 Å². The number of ether oxygens (including phenoxy) is 1. The van der Waals surface area contributed by atoms with Crippen molar-refractivity contribution in [1.29, 1.82) is 0 Å². The van der Waals surface area contributed by atoms with Crippen LogP contribution < -0.4 is 10.5 Å². The highest BCUT2D eigenvalue weighted by molar-refractivity contribution is 7.89. The zero-order chi connectivity index (χ0) is 20.5. The molecule has 0 unspecified atom stereocenters. The number of hydrogen-bond acceptors (Lipinski definition) is 6. The van der Waals surface area contributed by atoms with E-state index in [1.54, 1.807) is 17.0 Å². The molecule has 1 aromatic heterocycles. The molecule has 1 aliphatic heterocycles. The van der Waals surface area contributed by atoms with Gasteiger partial charge in [-0.05, 0) is 31.2 Å². The molecule has 1 fully saturated rings. The van der Waals surface area contributed by atoms with Gasteiger partial charge in [0.25, 0.3) is 21.8 Å². The molecule has 0 radical (unpaired) electrons. The fraction of sp³-hybridized carbons (Fsp3) is 0.333. The second-order valence-corrected chi connectivity index (χ2v) is 8.25. The second-order valence-electron chi connectivity index (χ2n) is 6.38. The molecule has 2 amide bonds. The lowest BCUT2D eigenvalue weighted by Gasteiger charge is -2.33. The maximum absolute atomic E-state index is 12.8. The van der Waals surface area contributed by atoms with Gasteiger partial charge in [0, 0.05) is 26.2 Å². The number of rotatable bonds is 5. The number of nitrogens with two attached hydrogens (primary N) is 1. The topological polar surface area (TPSA) is 123 Å². The van der Waals surface area contributed by atoms with Crippen molar-refractivity contribution in [2.75, 3.05) is 33.3 Å². The Kier molecular flexibility index (Phi) is 5.43. The molecule has 0 saturated carbocycles. The van der Waals surface area contributed by atoms with Crippen LogP contribution in [-0.2, 0) is 10.0 Å². The van der Waals surface area contributed by atoms with Crippen molar-refractivity contribution < 1.29 is 27.2 Å². The highest BCUT2D eigenvalue weighted by atomic mass is 32.2. The number of methoxy groups -OCH3 is 1. The van der Waals surface area contributed by atoms with Crippen molar-refractivity contribution in [2.24, 2.45) is 5.73 Å². The van der Waals surface area contributed by atoms with Crippen molar-refractivity contribution in [3.8, 4) is 5.75 Å². The van der Waals surface area contributed by atoms with Crippen LogP contribution in [0.1, 0.15) is 26.5 Å². The fourth-order valence-electron chi connectivity index (χ4n) is 3.01. The Bertz CT molecular complexity index is 1010. The van der Waals surface area contributed by atoms with E-state index in [0.29, 0.717) is 11.3 Å². The van der Waals surface area contributed by atoms with Crippen LogP contribution in [0, 0.1) is 6.92 Å². The van der Waals surface area contributed by atoms with E-state index < -0.39 is 15.9 Å². The molecule has 10 heteroatoms. The Balaban J connectivity index is 1.72. The smallest absolute Gasteiger partial charge is 0.284 e. The number of primary amides is 1. The number of carbonyl (C=O) groups is 2. The first kappa shape index (κ1) is 19.9. The highest BCUT2D eigenvalue weighted by Crippen LogP contribution is 2.24. The SMILES string of the molecule is COc1ccc(C)cc1C(=O)N1CCN(S(=O)(=O)c2ccc(C(N)=O)o2)CC1. The number of amides is 2. The molecule has 0 atom stereocenters. The van der Waals surface area contributed by atoms with E-state index in [1.165, 1.54) is 23.5 Å². The number of benzene rings is 1. The van der Waals surface area contributed by atoms with E-state index in [0.717, 1.165) is 5.56 Å². The second kappa shape index (κ2) is 7.64. The van der Waals surface area contributed by atoms with Gasteiger partial charge in [0.05, 0.1) is 12.7 Å². The van der Waals surface area contributed by atoms with Crippen molar-refractivity contribution in [3.05, 3.63) is 47.2 Å². The van der Waals surface area contributed by atoms with E-state index in [2.05, 4.69) is 0 Å². The zero-order valence-corrected chi connectivity index (χ0v) is 16.4. The molecule has 0 aliphatic carbocycles. The predicted molar refractivity (Wildman–Crippen MR) is 99.6 cm³/mol. The van der Waals surface area contributed by atoms with Crippen LogP contribution >= 0.6 is 0 Å². The third-order valence-corrected chi connectivity index (χ3v) is 6.30. The minimum Gasteiger partial charge on any atom is -0.496 e. The Labute approximate surface area is 162 Å². The Morgan fingerprint density at radius 1 is 1.11 bits per heavy atom. The molecule has 28 heavy (non-hydrogen) atoms. The molecule has 1 saturated heterocycles. The summed E-state index contributed by atoms with van der Waals surface area (Å²) in [6.45, 7) is 2.53. The van der Waals surface area contributed by atoms with Gasteiger partial charge in [0.2, 0.25) is 5.09 Å². The van der Waals surface area contributed by atoms with E-state index in [9.17, 15) is 18.0 Å². The summed E-state index contributed by atoms with van der Waals surface area (Å²) in [5, 5.41) is -0.346. The van der Waals surface area contributed by atoms with Crippen LogP contribution in [0.5, 0.6) is 5.75 Å². The minimum atomic E-state index is -3.91. The van der Waals surface area contributed by atoms with Gasteiger partial charge in [-0.25, -0.2) is 8.42 Å². The lowest BCUT2D eigenvalue weighted by atomic mass is 10.1. The Morgan fingerprint density at radius 2 is 1.79 bits per heavy atom. The summed E-state index contributed by atoms with van der Waals surface area (Å²) in [6.07, 6.45) is 0. The minimum absolute atomic E-state index is 0.106. The normalized spacial score (nSPS) is 15.4. The Morgan fingerprint density at radius 3 is 2.36 bits per heavy atom. The van der Waals surface area contributed by atoms with E-state index in [4.69, 9.17) is 14.9 Å². The molecular weight excluding hydrogens is 386 g/mol. The van der Waals surface area contributed by atoms with E-state index in [1.807, 2.05) is 13.0 Å². The van der Waals surface area contributed by atoms with Crippen molar-refractivity contribution in [2.45, 2.75) is 12.0 Å². The molecule has 2 heterocycles.